The molecule has 2 rings (SSSR count). The number of thiophene rings is 1. The lowest BCUT2D eigenvalue weighted by Gasteiger charge is -2.26. The van der Waals surface area contributed by atoms with Crippen LogP contribution >= 0.6 is 35.3 Å². The normalized spacial score (nSPS) is 16.4. The molecule has 1 aromatic rings. The number of nitrogens with zero attached hydrogens (tertiary/aromatic N) is 2. The van der Waals surface area contributed by atoms with E-state index in [1.165, 1.54) is 9.75 Å². The van der Waals surface area contributed by atoms with Crippen LogP contribution in [0.1, 0.15) is 9.75 Å². The number of hydrogen-bond acceptors (Lipinski definition) is 4. The Morgan fingerprint density at radius 3 is 2.71 bits per heavy atom. The van der Waals surface area contributed by atoms with Gasteiger partial charge in [-0.15, -0.1) is 35.3 Å². The predicted molar refractivity (Wildman–Crippen MR) is 99.9 cm³/mol. The highest BCUT2D eigenvalue weighted by atomic mass is 127. The van der Waals surface area contributed by atoms with E-state index < -0.39 is 0 Å². The van der Waals surface area contributed by atoms with Gasteiger partial charge in [0, 0.05) is 43.0 Å². The molecule has 1 saturated heterocycles. The molecule has 0 bridgehead atoms. The molecule has 2 heterocycles. The Balaban J connectivity index is 0.00000220. The quantitative estimate of drug-likeness (QED) is 0.429. The Labute approximate surface area is 148 Å². The smallest absolute Gasteiger partial charge is 0.191 e. The van der Waals surface area contributed by atoms with Gasteiger partial charge in [0.05, 0.1) is 19.8 Å². The highest BCUT2D eigenvalue weighted by Crippen LogP contribution is 2.14. The summed E-state index contributed by atoms with van der Waals surface area (Å²) in [5.41, 5.74) is 0. The van der Waals surface area contributed by atoms with Crippen LogP contribution in [-0.4, -0.2) is 57.3 Å². The lowest BCUT2D eigenvalue weighted by molar-refractivity contribution is 0.0389. The number of aryl methyl sites for hydroxylation is 1. The second-order valence-corrected chi connectivity index (χ2v) is 6.19. The van der Waals surface area contributed by atoms with Crippen molar-refractivity contribution in [2.24, 2.45) is 4.99 Å². The first-order chi connectivity index (χ1) is 9.78. The van der Waals surface area contributed by atoms with Crippen molar-refractivity contribution in [3.05, 3.63) is 21.9 Å². The zero-order valence-electron chi connectivity index (χ0n) is 12.7. The minimum absolute atomic E-state index is 0. The van der Waals surface area contributed by atoms with E-state index >= 15 is 0 Å². The maximum atomic E-state index is 5.34. The third-order valence-electron chi connectivity index (χ3n) is 3.27. The van der Waals surface area contributed by atoms with Crippen molar-refractivity contribution in [1.82, 2.24) is 15.5 Å². The van der Waals surface area contributed by atoms with Crippen LogP contribution in [0.3, 0.4) is 0 Å². The molecule has 7 heteroatoms. The summed E-state index contributed by atoms with van der Waals surface area (Å²) in [4.78, 5) is 9.33. The van der Waals surface area contributed by atoms with Crippen LogP contribution in [0, 0.1) is 6.92 Å². The molecule has 1 fully saturated rings. The van der Waals surface area contributed by atoms with Gasteiger partial charge in [-0.25, -0.2) is 0 Å². The summed E-state index contributed by atoms with van der Waals surface area (Å²) in [5, 5.41) is 6.70. The second kappa shape index (κ2) is 10.4. The fourth-order valence-corrected chi connectivity index (χ4v) is 2.96. The number of rotatable bonds is 5. The van der Waals surface area contributed by atoms with Crippen molar-refractivity contribution in [3.63, 3.8) is 0 Å². The van der Waals surface area contributed by atoms with Gasteiger partial charge >= 0.3 is 0 Å². The van der Waals surface area contributed by atoms with Gasteiger partial charge in [0.25, 0.3) is 0 Å². The molecule has 5 nitrogen and oxygen atoms in total. The first kappa shape index (κ1) is 18.7. The van der Waals surface area contributed by atoms with Crippen molar-refractivity contribution in [2.75, 3.05) is 46.4 Å². The predicted octanol–water partition coefficient (Wildman–Crippen LogP) is 1.67. The van der Waals surface area contributed by atoms with Crippen LogP contribution in [-0.2, 0) is 11.3 Å². The van der Waals surface area contributed by atoms with E-state index in [9.17, 15) is 0 Å². The Morgan fingerprint density at radius 1 is 1.33 bits per heavy atom. The summed E-state index contributed by atoms with van der Waals surface area (Å²) < 4.78 is 5.34. The molecule has 0 unspecified atom stereocenters. The SMILES string of the molecule is CN=C(NCCN1CCOCC1)NCc1ccc(C)s1.I. The van der Waals surface area contributed by atoms with E-state index in [0.29, 0.717) is 0 Å². The molecule has 0 spiro atoms. The molecule has 21 heavy (non-hydrogen) atoms. The molecule has 0 amide bonds. The Kier molecular flexibility index (Phi) is 9.21. The maximum Gasteiger partial charge on any atom is 0.191 e. The van der Waals surface area contributed by atoms with Crippen LogP contribution in [0.15, 0.2) is 17.1 Å². The van der Waals surface area contributed by atoms with E-state index in [1.54, 1.807) is 0 Å². The summed E-state index contributed by atoms with van der Waals surface area (Å²) in [6.45, 7) is 8.66. The lowest BCUT2D eigenvalue weighted by atomic mass is 10.4. The van der Waals surface area contributed by atoms with Crippen LogP contribution in [0.2, 0.25) is 0 Å². The molecule has 1 aliphatic heterocycles. The van der Waals surface area contributed by atoms with Crippen LogP contribution in [0.4, 0.5) is 0 Å². The molecule has 0 aromatic carbocycles. The topological polar surface area (TPSA) is 48.9 Å². The first-order valence-electron chi connectivity index (χ1n) is 7.08. The summed E-state index contributed by atoms with van der Waals surface area (Å²) in [5.74, 6) is 0.865. The zero-order valence-corrected chi connectivity index (χ0v) is 15.9. The van der Waals surface area contributed by atoms with Gasteiger partial charge in [-0.1, -0.05) is 0 Å². The van der Waals surface area contributed by atoms with Crippen molar-refractivity contribution < 1.29 is 4.74 Å². The highest BCUT2D eigenvalue weighted by Gasteiger charge is 2.09. The Bertz CT molecular complexity index is 432. The fraction of sp³-hybridized carbons (Fsp3) is 0.643. The fourth-order valence-electron chi connectivity index (χ4n) is 2.13. The molecule has 0 atom stereocenters. The molecule has 1 aromatic heterocycles. The van der Waals surface area contributed by atoms with E-state index in [0.717, 1.165) is 51.9 Å². The summed E-state index contributed by atoms with van der Waals surface area (Å²) in [6.07, 6.45) is 0. The number of aliphatic imine (C=N–C) groups is 1. The zero-order chi connectivity index (χ0) is 14.2. The van der Waals surface area contributed by atoms with E-state index in [2.05, 4.69) is 39.6 Å². The third kappa shape index (κ3) is 6.94. The molecule has 0 radical (unpaired) electrons. The lowest BCUT2D eigenvalue weighted by Crippen LogP contribution is -2.44. The van der Waals surface area contributed by atoms with Crippen molar-refractivity contribution in [3.8, 4) is 0 Å². The number of ether oxygens (including phenoxy) is 1. The van der Waals surface area contributed by atoms with E-state index in [1.807, 2.05) is 18.4 Å². The van der Waals surface area contributed by atoms with Crippen LogP contribution < -0.4 is 10.6 Å². The number of guanidine groups is 1. The average molecular weight is 424 g/mol. The number of halogens is 1. The summed E-state index contributed by atoms with van der Waals surface area (Å²) in [7, 11) is 1.81. The van der Waals surface area contributed by atoms with E-state index in [4.69, 9.17) is 4.74 Å². The largest absolute Gasteiger partial charge is 0.379 e. The summed E-state index contributed by atoms with van der Waals surface area (Å²) in [6, 6.07) is 4.31. The molecular formula is C14H25IN4OS. The molecule has 2 N–H and O–H groups in total. The number of nitrogens with one attached hydrogen (secondary N) is 2. The van der Waals surface area contributed by atoms with Crippen molar-refractivity contribution >= 4 is 41.3 Å². The van der Waals surface area contributed by atoms with Gasteiger partial charge in [0.2, 0.25) is 0 Å². The third-order valence-corrected chi connectivity index (χ3v) is 4.27. The van der Waals surface area contributed by atoms with Gasteiger partial charge in [-0.2, -0.15) is 0 Å². The molecule has 120 valence electrons. The van der Waals surface area contributed by atoms with Gasteiger partial charge in [0.15, 0.2) is 5.96 Å². The van der Waals surface area contributed by atoms with E-state index in [-0.39, 0.29) is 24.0 Å². The number of morpholine rings is 1. The van der Waals surface area contributed by atoms with Gasteiger partial charge in [-0.05, 0) is 19.1 Å². The minimum atomic E-state index is 0. The first-order valence-corrected chi connectivity index (χ1v) is 7.89. The molecule has 0 aliphatic carbocycles. The molecular weight excluding hydrogens is 399 g/mol. The van der Waals surface area contributed by atoms with Crippen molar-refractivity contribution in [1.29, 1.82) is 0 Å². The maximum absolute atomic E-state index is 5.34. The molecule has 1 aliphatic rings. The second-order valence-electron chi connectivity index (χ2n) is 4.82. The molecule has 0 saturated carbocycles. The standard InChI is InChI=1S/C14H24N4OS.HI/c1-12-3-4-13(20-12)11-17-14(15-2)16-5-6-18-7-9-19-10-8-18;/h3-4H,5-11H2,1-2H3,(H2,15,16,17);1H. The number of hydrogen-bond donors (Lipinski definition) is 2. The van der Waals surface area contributed by atoms with Gasteiger partial charge < -0.3 is 15.4 Å². The van der Waals surface area contributed by atoms with Gasteiger partial charge in [0.1, 0.15) is 0 Å². The Morgan fingerprint density at radius 2 is 2.10 bits per heavy atom. The van der Waals surface area contributed by atoms with Crippen LogP contribution in [0.5, 0.6) is 0 Å². The van der Waals surface area contributed by atoms with Crippen LogP contribution in [0.25, 0.3) is 0 Å². The highest BCUT2D eigenvalue weighted by molar-refractivity contribution is 14.0. The Hall–Kier alpha value is -0.380. The summed E-state index contributed by atoms with van der Waals surface area (Å²) >= 11 is 1.82. The van der Waals surface area contributed by atoms with Gasteiger partial charge in [-0.3, -0.25) is 9.89 Å². The van der Waals surface area contributed by atoms with Crippen molar-refractivity contribution in [2.45, 2.75) is 13.5 Å². The monoisotopic (exact) mass is 424 g/mol. The average Bonchev–Trinajstić information content (AvgIpc) is 2.89. The minimum Gasteiger partial charge on any atom is -0.379 e.